The van der Waals surface area contributed by atoms with Crippen LogP contribution >= 0.6 is 0 Å². The van der Waals surface area contributed by atoms with Crippen molar-refractivity contribution < 1.29 is 14.3 Å². The Kier molecular flexibility index (Phi) is 4.48. The zero-order valence-electron chi connectivity index (χ0n) is 19.0. The van der Waals surface area contributed by atoms with Crippen LogP contribution in [0.2, 0.25) is 0 Å². The summed E-state index contributed by atoms with van der Waals surface area (Å²) in [5.74, 6) is -0.308. The highest BCUT2D eigenvalue weighted by Crippen LogP contribution is 2.64. The summed E-state index contributed by atoms with van der Waals surface area (Å²) in [6.07, 6.45) is 2.07. The first kappa shape index (κ1) is 20.2. The summed E-state index contributed by atoms with van der Waals surface area (Å²) >= 11 is 0. The molecule has 4 heteroatoms. The Morgan fingerprint density at radius 1 is 0.848 bits per heavy atom. The third-order valence-electron chi connectivity index (χ3n) is 7.90. The van der Waals surface area contributed by atoms with Gasteiger partial charge in [-0.25, -0.2) is 4.90 Å². The fraction of sp³-hybridized carbons (Fsp3) is 0.310. The number of rotatable bonds is 5. The van der Waals surface area contributed by atoms with E-state index in [-0.39, 0.29) is 23.7 Å². The van der Waals surface area contributed by atoms with E-state index >= 15 is 0 Å². The van der Waals surface area contributed by atoms with Crippen LogP contribution in [0.15, 0.2) is 72.8 Å². The number of amides is 2. The summed E-state index contributed by atoms with van der Waals surface area (Å²) < 4.78 is 5.77. The van der Waals surface area contributed by atoms with E-state index in [1.807, 2.05) is 48.5 Å². The number of hydrogen-bond acceptors (Lipinski definition) is 3. The first-order chi connectivity index (χ1) is 16.1. The molecule has 3 aliphatic carbocycles. The largest absolute Gasteiger partial charge is 0.494 e. The highest BCUT2D eigenvalue weighted by molar-refractivity contribution is 6.23. The molecule has 2 atom stereocenters. The van der Waals surface area contributed by atoms with Crippen LogP contribution in [0.3, 0.4) is 0 Å². The number of nitrogens with zero attached hydrogens (tertiary/aromatic N) is 1. The molecule has 0 unspecified atom stereocenters. The molecule has 2 amide bonds. The first-order valence-corrected chi connectivity index (χ1v) is 11.9. The van der Waals surface area contributed by atoms with E-state index in [2.05, 4.69) is 38.1 Å². The zero-order valence-corrected chi connectivity index (χ0v) is 19.0. The fourth-order valence-electron chi connectivity index (χ4n) is 6.43. The second-order valence-electron chi connectivity index (χ2n) is 9.57. The molecule has 0 saturated carbocycles. The molecule has 0 N–H and O–H groups in total. The Morgan fingerprint density at radius 3 is 2.06 bits per heavy atom. The second kappa shape index (κ2) is 7.31. The maximum atomic E-state index is 13.9. The van der Waals surface area contributed by atoms with E-state index in [4.69, 9.17) is 4.74 Å². The van der Waals surface area contributed by atoms with Crippen LogP contribution in [-0.4, -0.2) is 18.4 Å². The van der Waals surface area contributed by atoms with Gasteiger partial charge in [-0.1, -0.05) is 68.8 Å². The van der Waals surface area contributed by atoms with Gasteiger partial charge in [-0.05, 0) is 52.9 Å². The molecule has 3 aromatic rings. The summed E-state index contributed by atoms with van der Waals surface area (Å²) in [5, 5.41) is 0. The molecule has 1 heterocycles. The van der Waals surface area contributed by atoms with Gasteiger partial charge in [-0.15, -0.1) is 0 Å². The maximum absolute atomic E-state index is 13.9. The van der Waals surface area contributed by atoms with Crippen molar-refractivity contribution >= 4 is 17.5 Å². The Labute approximate surface area is 194 Å². The fourth-order valence-corrected chi connectivity index (χ4v) is 6.43. The van der Waals surface area contributed by atoms with E-state index in [1.165, 1.54) is 27.2 Å². The third kappa shape index (κ3) is 2.64. The molecular weight excluding hydrogens is 410 g/mol. The number of ether oxygens (including phenoxy) is 1. The topological polar surface area (TPSA) is 46.6 Å². The summed E-state index contributed by atoms with van der Waals surface area (Å²) in [6.45, 7) is 4.94. The van der Waals surface area contributed by atoms with Crippen molar-refractivity contribution in [3.05, 3.63) is 95.1 Å². The van der Waals surface area contributed by atoms with Gasteiger partial charge in [0.1, 0.15) is 5.75 Å². The minimum atomic E-state index is -0.530. The van der Waals surface area contributed by atoms with Gasteiger partial charge in [0.15, 0.2) is 0 Å². The third-order valence-corrected chi connectivity index (χ3v) is 7.90. The van der Waals surface area contributed by atoms with Crippen LogP contribution in [0, 0.1) is 11.8 Å². The standard InChI is InChI=1S/C29H27NO3/c1-3-4-17-33-19-15-13-18(14-16-19)30-27(31)25-24-20-9-5-7-11-22(20)29(2,26(25)28(30)32)23-12-8-6-10-21(23)24/h5-16,24-26H,3-4,17H2,1-2H3/t24?,25-,26+,29?/m1/s1. The van der Waals surface area contributed by atoms with Crippen molar-refractivity contribution in [3.8, 4) is 5.75 Å². The van der Waals surface area contributed by atoms with Gasteiger partial charge in [0, 0.05) is 11.3 Å². The highest BCUT2D eigenvalue weighted by Gasteiger charge is 2.66. The molecule has 2 bridgehead atoms. The van der Waals surface area contributed by atoms with Crippen LogP contribution in [0.25, 0.3) is 0 Å². The van der Waals surface area contributed by atoms with Gasteiger partial charge < -0.3 is 4.74 Å². The zero-order chi connectivity index (χ0) is 22.7. The molecule has 3 aromatic carbocycles. The highest BCUT2D eigenvalue weighted by atomic mass is 16.5. The normalized spacial score (nSPS) is 26.7. The quantitative estimate of drug-likeness (QED) is 0.395. The number of unbranched alkanes of at least 4 members (excludes halogenated alkanes) is 1. The molecule has 0 radical (unpaired) electrons. The monoisotopic (exact) mass is 437 g/mol. The Morgan fingerprint density at radius 2 is 1.45 bits per heavy atom. The summed E-state index contributed by atoms with van der Waals surface area (Å²) in [4.78, 5) is 29.2. The van der Waals surface area contributed by atoms with Crippen LogP contribution in [-0.2, 0) is 15.0 Å². The van der Waals surface area contributed by atoms with E-state index in [1.54, 1.807) is 0 Å². The predicted molar refractivity (Wildman–Crippen MR) is 127 cm³/mol. The number of hydrogen-bond donors (Lipinski definition) is 0. The van der Waals surface area contributed by atoms with E-state index < -0.39 is 11.3 Å². The van der Waals surface area contributed by atoms with Crippen molar-refractivity contribution in [2.75, 3.05) is 11.5 Å². The summed E-state index contributed by atoms with van der Waals surface area (Å²) in [6, 6.07) is 24.1. The average molecular weight is 438 g/mol. The van der Waals surface area contributed by atoms with Gasteiger partial charge in [-0.2, -0.15) is 0 Å². The van der Waals surface area contributed by atoms with E-state index in [9.17, 15) is 9.59 Å². The van der Waals surface area contributed by atoms with Crippen LogP contribution < -0.4 is 9.64 Å². The van der Waals surface area contributed by atoms with Crippen LogP contribution in [0.1, 0.15) is 54.9 Å². The molecular formula is C29H27NO3. The lowest BCUT2D eigenvalue weighted by molar-refractivity contribution is -0.123. The number of carbonyl (C=O) groups is 2. The number of imide groups is 1. The van der Waals surface area contributed by atoms with Gasteiger partial charge in [0.2, 0.25) is 11.8 Å². The minimum absolute atomic E-state index is 0.0927. The number of anilines is 1. The molecule has 0 aromatic heterocycles. The van der Waals surface area contributed by atoms with Crippen molar-refractivity contribution in [3.63, 3.8) is 0 Å². The Bertz CT molecular complexity index is 1210. The van der Waals surface area contributed by atoms with Crippen molar-refractivity contribution in [2.24, 2.45) is 11.8 Å². The number of carbonyl (C=O) groups excluding carboxylic acids is 2. The molecule has 1 fully saturated rings. The molecule has 7 rings (SSSR count). The van der Waals surface area contributed by atoms with Gasteiger partial charge in [0.05, 0.1) is 24.1 Å². The van der Waals surface area contributed by atoms with Gasteiger partial charge in [0.25, 0.3) is 0 Å². The molecule has 4 nitrogen and oxygen atoms in total. The Balaban J connectivity index is 1.43. The van der Waals surface area contributed by atoms with Crippen molar-refractivity contribution in [1.29, 1.82) is 0 Å². The molecule has 4 aliphatic rings. The average Bonchev–Trinajstić information content (AvgIpc) is 3.11. The summed E-state index contributed by atoms with van der Waals surface area (Å²) in [5.41, 5.74) is 4.82. The molecule has 1 saturated heterocycles. The molecule has 0 spiro atoms. The smallest absolute Gasteiger partial charge is 0.238 e. The van der Waals surface area contributed by atoms with E-state index in [0.29, 0.717) is 12.3 Å². The van der Waals surface area contributed by atoms with Crippen LogP contribution in [0.5, 0.6) is 5.75 Å². The van der Waals surface area contributed by atoms with Gasteiger partial charge in [-0.3, -0.25) is 9.59 Å². The SMILES string of the molecule is CCCCOc1ccc(N2C(=O)[C@@H]3C4c5ccccc5C(C)(c5ccccc54)[C@@H]3C2=O)cc1. The lowest BCUT2D eigenvalue weighted by atomic mass is 9.48. The summed E-state index contributed by atoms with van der Waals surface area (Å²) in [7, 11) is 0. The lowest BCUT2D eigenvalue weighted by Gasteiger charge is -2.52. The predicted octanol–water partition coefficient (Wildman–Crippen LogP) is 5.44. The van der Waals surface area contributed by atoms with E-state index in [0.717, 1.165) is 18.6 Å². The van der Waals surface area contributed by atoms with Gasteiger partial charge >= 0.3 is 0 Å². The molecule has 33 heavy (non-hydrogen) atoms. The minimum Gasteiger partial charge on any atom is -0.494 e. The lowest BCUT2D eigenvalue weighted by Crippen LogP contribution is -2.51. The number of benzene rings is 3. The second-order valence-corrected chi connectivity index (χ2v) is 9.57. The first-order valence-electron chi connectivity index (χ1n) is 11.9. The maximum Gasteiger partial charge on any atom is 0.238 e. The molecule has 1 aliphatic heterocycles. The van der Waals surface area contributed by atoms with Crippen LogP contribution in [0.4, 0.5) is 5.69 Å². The van der Waals surface area contributed by atoms with Crippen molar-refractivity contribution in [2.45, 2.75) is 38.0 Å². The molecule has 166 valence electrons. The Hall–Kier alpha value is -3.40. The van der Waals surface area contributed by atoms with Crippen molar-refractivity contribution in [1.82, 2.24) is 0 Å².